The molecule has 6 heteroatoms. The van der Waals surface area contributed by atoms with E-state index in [1.807, 2.05) is 0 Å². The summed E-state index contributed by atoms with van der Waals surface area (Å²) in [6, 6.07) is 1.30. The Hall–Kier alpha value is -1.30. The van der Waals surface area contributed by atoms with Crippen LogP contribution in [0.4, 0.5) is 17.6 Å². The molecular formula is C8H6F4O2. The highest BCUT2D eigenvalue weighted by atomic mass is 19.3. The van der Waals surface area contributed by atoms with Crippen LogP contribution in [0.5, 0.6) is 5.75 Å². The first-order valence-electron chi connectivity index (χ1n) is 3.58. The molecule has 0 unspecified atom stereocenters. The molecule has 0 atom stereocenters. The Balaban J connectivity index is 3.03. The SMILES string of the molecule is OCc1cc(OC(F)F)cc(F)c1F. The van der Waals surface area contributed by atoms with Gasteiger partial charge < -0.3 is 9.84 Å². The second-order valence-corrected chi connectivity index (χ2v) is 2.41. The zero-order chi connectivity index (χ0) is 10.7. The molecule has 14 heavy (non-hydrogen) atoms. The van der Waals surface area contributed by atoms with Gasteiger partial charge in [-0.3, -0.25) is 0 Å². The average molecular weight is 210 g/mol. The summed E-state index contributed by atoms with van der Waals surface area (Å²) < 4.78 is 52.6. The summed E-state index contributed by atoms with van der Waals surface area (Å²) in [5.41, 5.74) is -0.430. The molecule has 0 heterocycles. The van der Waals surface area contributed by atoms with Gasteiger partial charge in [-0.2, -0.15) is 8.78 Å². The van der Waals surface area contributed by atoms with Crippen molar-refractivity contribution in [3.05, 3.63) is 29.3 Å². The minimum absolute atomic E-state index is 0.430. The van der Waals surface area contributed by atoms with E-state index >= 15 is 0 Å². The molecule has 0 saturated heterocycles. The molecule has 0 bridgehead atoms. The van der Waals surface area contributed by atoms with Gasteiger partial charge in [0.05, 0.1) is 6.61 Å². The monoisotopic (exact) mass is 210 g/mol. The van der Waals surface area contributed by atoms with Gasteiger partial charge in [-0.25, -0.2) is 8.78 Å². The van der Waals surface area contributed by atoms with E-state index in [4.69, 9.17) is 5.11 Å². The first-order chi connectivity index (χ1) is 6.54. The van der Waals surface area contributed by atoms with Gasteiger partial charge in [0, 0.05) is 11.6 Å². The van der Waals surface area contributed by atoms with E-state index in [1.54, 1.807) is 0 Å². The molecule has 0 aliphatic rings. The van der Waals surface area contributed by atoms with Crippen LogP contribution in [0.2, 0.25) is 0 Å². The number of aliphatic hydroxyl groups excluding tert-OH is 1. The minimum Gasteiger partial charge on any atom is -0.435 e. The molecule has 0 spiro atoms. The van der Waals surface area contributed by atoms with E-state index in [1.165, 1.54) is 0 Å². The molecule has 1 N–H and O–H groups in total. The summed E-state index contributed by atoms with van der Waals surface area (Å²) in [6.45, 7) is -3.91. The quantitative estimate of drug-likeness (QED) is 0.773. The maximum atomic E-state index is 12.7. The molecule has 1 rings (SSSR count). The number of hydrogen-bond donors (Lipinski definition) is 1. The van der Waals surface area contributed by atoms with Crippen LogP contribution in [-0.4, -0.2) is 11.7 Å². The number of halogens is 4. The summed E-state index contributed by atoms with van der Waals surface area (Å²) in [7, 11) is 0. The molecule has 2 nitrogen and oxygen atoms in total. The van der Waals surface area contributed by atoms with Gasteiger partial charge in [0.25, 0.3) is 0 Å². The van der Waals surface area contributed by atoms with Crippen molar-refractivity contribution in [2.75, 3.05) is 0 Å². The van der Waals surface area contributed by atoms with E-state index in [9.17, 15) is 17.6 Å². The van der Waals surface area contributed by atoms with E-state index in [0.29, 0.717) is 6.07 Å². The number of benzene rings is 1. The maximum Gasteiger partial charge on any atom is 0.387 e. The van der Waals surface area contributed by atoms with Crippen molar-refractivity contribution in [3.63, 3.8) is 0 Å². The van der Waals surface area contributed by atoms with E-state index in [-0.39, 0.29) is 0 Å². The maximum absolute atomic E-state index is 12.7. The van der Waals surface area contributed by atoms with Crippen LogP contribution in [0.15, 0.2) is 12.1 Å². The molecule has 78 valence electrons. The highest BCUT2D eigenvalue weighted by Crippen LogP contribution is 2.21. The van der Waals surface area contributed by atoms with Crippen molar-refractivity contribution >= 4 is 0 Å². The molecule has 0 aromatic heterocycles. The van der Waals surface area contributed by atoms with Gasteiger partial charge in [0.2, 0.25) is 0 Å². The smallest absolute Gasteiger partial charge is 0.387 e. The fourth-order valence-corrected chi connectivity index (χ4v) is 0.904. The predicted octanol–water partition coefficient (Wildman–Crippen LogP) is 2.06. The Kier molecular flexibility index (Phi) is 3.29. The predicted molar refractivity (Wildman–Crippen MR) is 38.9 cm³/mol. The number of alkyl halides is 2. The second kappa shape index (κ2) is 4.28. The third-order valence-corrected chi connectivity index (χ3v) is 1.47. The molecule has 0 radical (unpaired) electrons. The average Bonchev–Trinajstić information content (AvgIpc) is 2.10. The van der Waals surface area contributed by atoms with Crippen LogP contribution >= 0.6 is 0 Å². The highest BCUT2D eigenvalue weighted by molar-refractivity contribution is 5.30. The molecule has 0 aliphatic heterocycles. The zero-order valence-corrected chi connectivity index (χ0v) is 6.81. The van der Waals surface area contributed by atoms with E-state index in [0.717, 1.165) is 6.07 Å². The van der Waals surface area contributed by atoms with Crippen LogP contribution < -0.4 is 4.74 Å². The van der Waals surface area contributed by atoms with E-state index in [2.05, 4.69) is 4.74 Å². The summed E-state index contributed by atoms with van der Waals surface area (Å²) in [4.78, 5) is 0. The van der Waals surface area contributed by atoms with Crippen LogP contribution in [0.3, 0.4) is 0 Å². The minimum atomic E-state index is -3.12. The Labute approximate surface area is 76.7 Å². The number of hydrogen-bond acceptors (Lipinski definition) is 2. The number of ether oxygens (including phenoxy) is 1. The van der Waals surface area contributed by atoms with Crippen LogP contribution in [-0.2, 0) is 6.61 Å². The molecule has 1 aromatic rings. The molecular weight excluding hydrogens is 204 g/mol. The fourth-order valence-electron chi connectivity index (χ4n) is 0.904. The lowest BCUT2D eigenvalue weighted by Gasteiger charge is -2.07. The summed E-state index contributed by atoms with van der Waals surface area (Å²) in [6.07, 6.45) is 0. The van der Waals surface area contributed by atoms with Crippen LogP contribution in [0.25, 0.3) is 0 Å². The van der Waals surface area contributed by atoms with Gasteiger partial charge >= 0.3 is 6.61 Å². The lowest BCUT2D eigenvalue weighted by atomic mass is 10.2. The van der Waals surface area contributed by atoms with Crippen LogP contribution in [0, 0.1) is 11.6 Å². The van der Waals surface area contributed by atoms with Crippen molar-refractivity contribution in [2.45, 2.75) is 13.2 Å². The summed E-state index contributed by atoms with van der Waals surface area (Å²) >= 11 is 0. The Morgan fingerprint density at radius 3 is 2.43 bits per heavy atom. The molecule has 0 fully saturated rings. The molecule has 0 saturated carbocycles. The van der Waals surface area contributed by atoms with Crippen LogP contribution in [0.1, 0.15) is 5.56 Å². The third-order valence-electron chi connectivity index (χ3n) is 1.47. The molecule has 0 aliphatic carbocycles. The van der Waals surface area contributed by atoms with Crippen molar-refractivity contribution in [3.8, 4) is 5.75 Å². The van der Waals surface area contributed by atoms with Gasteiger partial charge in [-0.15, -0.1) is 0 Å². The summed E-state index contributed by atoms with van der Waals surface area (Å²) in [5, 5.41) is 8.55. The standard InChI is InChI=1S/C8H6F4O2/c9-6-2-5(14-8(11)12)1-4(3-13)7(6)10/h1-2,8,13H,3H2. The van der Waals surface area contributed by atoms with Crippen molar-refractivity contribution < 1.29 is 27.4 Å². The van der Waals surface area contributed by atoms with Crippen molar-refractivity contribution in [1.82, 2.24) is 0 Å². The lowest BCUT2D eigenvalue weighted by molar-refractivity contribution is -0.0501. The third kappa shape index (κ3) is 2.35. The van der Waals surface area contributed by atoms with Gasteiger partial charge in [-0.1, -0.05) is 0 Å². The number of aliphatic hydroxyl groups is 1. The summed E-state index contributed by atoms with van der Waals surface area (Å²) in [5.74, 6) is -3.13. The fraction of sp³-hybridized carbons (Fsp3) is 0.250. The van der Waals surface area contributed by atoms with Gasteiger partial charge in [0.15, 0.2) is 11.6 Å². The Morgan fingerprint density at radius 1 is 1.29 bits per heavy atom. The first kappa shape index (κ1) is 10.8. The van der Waals surface area contributed by atoms with E-state index < -0.39 is 36.2 Å². The Bertz CT molecular complexity index is 327. The highest BCUT2D eigenvalue weighted by Gasteiger charge is 2.13. The molecule has 0 amide bonds. The van der Waals surface area contributed by atoms with Gasteiger partial charge in [-0.05, 0) is 6.07 Å². The van der Waals surface area contributed by atoms with Gasteiger partial charge in [0.1, 0.15) is 5.75 Å². The number of rotatable bonds is 3. The Morgan fingerprint density at radius 2 is 1.93 bits per heavy atom. The zero-order valence-electron chi connectivity index (χ0n) is 6.81. The molecule has 1 aromatic carbocycles. The lowest BCUT2D eigenvalue weighted by Crippen LogP contribution is -2.04. The van der Waals surface area contributed by atoms with Crippen molar-refractivity contribution in [1.29, 1.82) is 0 Å². The normalized spacial score (nSPS) is 10.7. The second-order valence-electron chi connectivity index (χ2n) is 2.41. The van der Waals surface area contributed by atoms with Crippen molar-refractivity contribution in [2.24, 2.45) is 0 Å². The first-order valence-corrected chi connectivity index (χ1v) is 3.58. The largest absolute Gasteiger partial charge is 0.435 e. The topological polar surface area (TPSA) is 29.5 Å².